The largest absolute Gasteiger partial charge is 0.497 e. The molecule has 1 amide bonds. The maximum atomic E-state index is 13.1. The molecule has 1 aliphatic rings. The summed E-state index contributed by atoms with van der Waals surface area (Å²) in [5.74, 6) is 3.10. The van der Waals surface area contributed by atoms with Crippen LogP contribution < -0.4 is 10.1 Å². The quantitative estimate of drug-likeness (QED) is 0.521. The highest BCUT2D eigenvalue weighted by Gasteiger charge is 2.25. The van der Waals surface area contributed by atoms with Gasteiger partial charge in [-0.3, -0.25) is 4.79 Å². The van der Waals surface area contributed by atoms with Crippen molar-refractivity contribution in [2.45, 2.75) is 11.5 Å². The third kappa shape index (κ3) is 3.25. The lowest BCUT2D eigenvalue weighted by molar-refractivity contribution is 0.102. The van der Waals surface area contributed by atoms with Crippen LogP contribution in [-0.2, 0) is 11.5 Å². The molecule has 0 atom stereocenters. The number of rotatable bonds is 4. The van der Waals surface area contributed by atoms with E-state index in [2.05, 4.69) is 5.32 Å². The maximum Gasteiger partial charge on any atom is 0.256 e. The summed E-state index contributed by atoms with van der Waals surface area (Å²) < 4.78 is 7.07. The molecule has 0 saturated carbocycles. The molecular formula is C23H19N3O2S. The molecule has 0 aliphatic carbocycles. The second-order valence-electron chi connectivity index (χ2n) is 6.89. The van der Waals surface area contributed by atoms with E-state index in [-0.39, 0.29) is 5.91 Å². The van der Waals surface area contributed by atoms with Gasteiger partial charge in [-0.05, 0) is 47.2 Å². The van der Waals surface area contributed by atoms with E-state index in [0.717, 1.165) is 50.8 Å². The van der Waals surface area contributed by atoms with Crippen LogP contribution in [0.3, 0.4) is 0 Å². The molecule has 1 aliphatic heterocycles. The van der Waals surface area contributed by atoms with Crippen molar-refractivity contribution >= 4 is 34.3 Å². The monoisotopic (exact) mass is 401 g/mol. The minimum Gasteiger partial charge on any atom is -0.497 e. The molecule has 4 aromatic rings. The average molecular weight is 401 g/mol. The number of fused-ring (bicyclic) bond motifs is 2. The first kappa shape index (κ1) is 17.8. The SMILES string of the molecule is COc1ccc(-n2nc3c(c2NC(=O)c2ccc4ccccc4c2)CSC3)cc1. The zero-order valence-corrected chi connectivity index (χ0v) is 16.7. The highest BCUT2D eigenvalue weighted by Crippen LogP contribution is 2.36. The van der Waals surface area contributed by atoms with Crippen molar-refractivity contribution in [3.05, 3.63) is 83.6 Å². The van der Waals surface area contributed by atoms with Crippen LogP contribution in [0.1, 0.15) is 21.6 Å². The molecule has 0 saturated heterocycles. The van der Waals surface area contributed by atoms with Crippen molar-refractivity contribution < 1.29 is 9.53 Å². The molecule has 6 heteroatoms. The van der Waals surface area contributed by atoms with Gasteiger partial charge in [0.05, 0.1) is 18.5 Å². The highest BCUT2D eigenvalue weighted by atomic mass is 32.2. The number of aromatic nitrogens is 2. The van der Waals surface area contributed by atoms with Gasteiger partial charge in [-0.15, -0.1) is 0 Å². The number of hydrogen-bond donors (Lipinski definition) is 1. The third-order valence-corrected chi connectivity index (χ3v) is 6.08. The second kappa shape index (κ2) is 7.29. The minimum absolute atomic E-state index is 0.134. The van der Waals surface area contributed by atoms with Crippen LogP contribution in [0, 0.1) is 0 Å². The molecule has 0 bridgehead atoms. The van der Waals surface area contributed by atoms with Crippen molar-refractivity contribution in [2.75, 3.05) is 12.4 Å². The van der Waals surface area contributed by atoms with Gasteiger partial charge in [0.2, 0.25) is 0 Å². The Labute approximate surface area is 172 Å². The Morgan fingerprint density at radius 1 is 1.03 bits per heavy atom. The number of benzene rings is 3. The molecule has 0 spiro atoms. The van der Waals surface area contributed by atoms with Gasteiger partial charge in [0, 0.05) is 22.6 Å². The molecule has 3 aromatic carbocycles. The first-order valence-electron chi connectivity index (χ1n) is 9.36. The third-order valence-electron chi connectivity index (χ3n) is 5.11. The Morgan fingerprint density at radius 2 is 1.83 bits per heavy atom. The van der Waals surface area contributed by atoms with Gasteiger partial charge < -0.3 is 10.1 Å². The zero-order chi connectivity index (χ0) is 19.8. The molecule has 0 unspecified atom stereocenters. The fraction of sp³-hybridized carbons (Fsp3) is 0.130. The molecule has 1 aromatic heterocycles. The molecule has 29 heavy (non-hydrogen) atoms. The van der Waals surface area contributed by atoms with Gasteiger partial charge in [0.25, 0.3) is 5.91 Å². The molecular weight excluding hydrogens is 382 g/mol. The van der Waals surface area contributed by atoms with Crippen LogP contribution in [0.4, 0.5) is 5.82 Å². The summed E-state index contributed by atoms with van der Waals surface area (Å²) in [6.07, 6.45) is 0. The second-order valence-corrected chi connectivity index (χ2v) is 7.88. The van der Waals surface area contributed by atoms with E-state index < -0.39 is 0 Å². The number of nitrogens with zero attached hydrogens (tertiary/aromatic N) is 2. The van der Waals surface area contributed by atoms with Crippen molar-refractivity contribution in [1.29, 1.82) is 0 Å². The van der Waals surface area contributed by atoms with Gasteiger partial charge in [-0.2, -0.15) is 16.9 Å². The van der Waals surface area contributed by atoms with Crippen molar-refractivity contribution in [3.63, 3.8) is 0 Å². The molecule has 144 valence electrons. The van der Waals surface area contributed by atoms with Crippen LogP contribution in [0.15, 0.2) is 66.7 Å². The Bertz CT molecular complexity index is 1210. The van der Waals surface area contributed by atoms with E-state index in [9.17, 15) is 4.79 Å². The number of anilines is 1. The van der Waals surface area contributed by atoms with Crippen molar-refractivity contribution in [2.24, 2.45) is 0 Å². The number of nitrogens with one attached hydrogen (secondary N) is 1. The number of amides is 1. The minimum atomic E-state index is -0.134. The smallest absolute Gasteiger partial charge is 0.256 e. The predicted octanol–water partition coefficient (Wildman–Crippen LogP) is 5.03. The van der Waals surface area contributed by atoms with Gasteiger partial charge in [-0.25, -0.2) is 4.68 Å². The van der Waals surface area contributed by atoms with Crippen LogP contribution in [0.5, 0.6) is 5.75 Å². The summed E-state index contributed by atoms with van der Waals surface area (Å²) in [5.41, 5.74) is 3.64. The summed E-state index contributed by atoms with van der Waals surface area (Å²) in [7, 11) is 1.64. The number of ether oxygens (including phenoxy) is 1. The molecule has 0 radical (unpaired) electrons. The van der Waals surface area contributed by atoms with E-state index in [0.29, 0.717) is 5.56 Å². The summed E-state index contributed by atoms with van der Waals surface area (Å²) in [6, 6.07) is 21.5. The van der Waals surface area contributed by atoms with E-state index in [1.54, 1.807) is 7.11 Å². The maximum absolute atomic E-state index is 13.1. The standard InChI is InChI=1S/C23H19N3O2S/c1-28-19-10-8-18(9-11-19)26-22(20-13-29-14-21(20)25-26)24-23(27)17-7-6-15-4-2-3-5-16(15)12-17/h2-12H,13-14H2,1H3,(H,24,27). The van der Waals surface area contributed by atoms with Crippen LogP contribution >= 0.6 is 11.8 Å². The molecule has 2 heterocycles. The molecule has 0 fully saturated rings. The van der Waals surface area contributed by atoms with Crippen LogP contribution in [0.2, 0.25) is 0 Å². The normalized spacial score (nSPS) is 12.7. The first-order chi connectivity index (χ1) is 14.2. The Morgan fingerprint density at radius 3 is 2.62 bits per heavy atom. The van der Waals surface area contributed by atoms with Gasteiger partial charge in [0.15, 0.2) is 0 Å². The van der Waals surface area contributed by atoms with Crippen molar-refractivity contribution in [1.82, 2.24) is 9.78 Å². The fourth-order valence-corrected chi connectivity index (χ4v) is 4.60. The Hall–Kier alpha value is -3.25. The fourth-order valence-electron chi connectivity index (χ4n) is 3.56. The predicted molar refractivity (Wildman–Crippen MR) is 117 cm³/mol. The first-order valence-corrected chi connectivity index (χ1v) is 10.5. The molecule has 5 rings (SSSR count). The zero-order valence-electron chi connectivity index (χ0n) is 15.9. The lowest BCUT2D eigenvalue weighted by Gasteiger charge is -2.12. The number of carbonyl (C=O) groups excluding carboxylic acids is 1. The van der Waals surface area contributed by atoms with E-state index in [4.69, 9.17) is 9.84 Å². The topological polar surface area (TPSA) is 56.1 Å². The summed E-state index contributed by atoms with van der Waals surface area (Å²) in [6.45, 7) is 0. The average Bonchev–Trinajstić information content (AvgIpc) is 3.36. The summed E-state index contributed by atoms with van der Waals surface area (Å²) in [4.78, 5) is 13.1. The lowest BCUT2D eigenvalue weighted by Crippen LogP contribution is -2.16. The van der Waals surface area contributed by atoms with Gasteiger partial charge in [-0.1, -0.05) is 30.3 Å². The summed E-state index contributed by atoms with van der Waals surface area (Å²) >= 11 is 1.81. The highest BCUT2D eigenvalue weighted by molar-refractivity contribution is 7.98. The number of methoxy groups -OCH3 is 1. The summed E-state index contributed by atoms with van der Waals surface area (Å²) in [5, 5.41) is 10.0. The Kier molecular flexibility index (Phi) is 4.48. The number of carbonyl (C=O) groups is 1. The van der Waals surface area contributed by atoms with Gasteiger partial charge in [0.1, 0.15) is 11.6 Å². The van der Waals surface area contributed by atoms with Crippen molar-refractivity contribution in [3.8, 4) is 11.4 Å². The molecule has 5 nitrogen and oxygen atoms in total. The number of hydrogen-bond acceptors (Lipinski definition) is 4. The number of thioether (sulfide) groups is 1. The molecule has 1 N–H and O–H groups in total. The lowest BCUT2D eigenvalue weighted by atomic mass is 10.1. The Balaban J connectivity index is 1.51. The van der Waals surface area contributed by atoms with E-state index in [1.807, 2.05) is 83.2 Å². The van der Waals surface area contributed by atoms with E-state index in [1.165, 1.54) is 0 Å². The van der Waals surface area contributed by atoms with Gasteiger partial charge >= 0.3 is 0 Å². The van der Waals surface area contributed by atoms with E-state index >= 15 is 0 Å². The van der Waals surface area contributed by atoms with Crippen LogP contribution in [0.25, 0.3) is 16.5 Å². The van der Waals surface area contributed by atoms with Crippen LogP contribution in [-0.4, -0.2) is 22.8 Å².